The van der Waals surface area contributed by atoms with E-state index in [1.54, 1.807) is 37.3 Å². The molecule has 0 saturated heterocycles. The molecule has 0 aliphatic carbocycles. The van der Waals surface area contributed by atoms with Gasteiger partial charge in [-0.15, -0.1) is 11.3 Å². The maximum absolute atomic E-state index is 13.6. The first-order valence-corrected chi connectivity index (χ1v) is 7.03. The van der Waals surface area contributed by atoms with Crippen LogP contribution in [0.4, 0.5) is 4.39 Å². The summed E-state index contributed by atoms with van der Waals surface area (Å²) >= 11 is 1.58. The minimum absolute atomic E-state index is 0.288. The van der Waals surface area contributed by atoms with Gasteiger partial charge in [-0.25, -0.2) is 9.37 Å². The molecule has 0 amide bonds. The van der Waals surface area contributed by atoms with Crippen LogP contribution in [0.1, 0.15) is 33.6 Å². The number of aryl methyl sites for hydroxylation is 3. The normalized spacial score (nSPS) is 14.4. The third-order valence-corrected chi connectivity index (χ3v) is 4.43. The Morgan fingerprint density at radius 1 is 1.32 bits per heavy atom. The summed E-state index contributed by atoms with van der Waals surface area (Å²) in [7, 11) is 0. The van der Waals surface area contributed by atoms with E-state index in [4.69, 9.17) is 0 Å². The molecule has 1 aromatic heterocycles. The van der Waals surface area contributed by atoms with Crippen molar-refractivity contribution in [2.45, 2.75) is 39.7 Å². The van der Waals surface area contributed by atoms with Crippen LogP contribution >= 0.6 is 11.3 Å². The molecule has 0 saturated carbocycles. The minimum atomic E-state index is -1.11. The van der Waals surface area contributed by atoms with Crippen LogP contribution in [0, 0.1) is 26.6 Å². The molecule has 1 unspecified atom stereocenters. The highest BCUT2D eigenvalue weighted by Gasteiger charge is 2.26. The predicted octanol–water partition coefficient (Wildman–Crippen LogP) is 3.66. The van der Waals surface area contributed by atoms with Gasteiger partial charge in [-0.1, -0.05) is 12.1 Å². The first kappa shape index (κ1) is 14.2. The maximum atomic E-state index is 13.6. The van der Waals surface area contributed by atoms with Gasteiger partial charge in [-0.3, -0.25) is 0 Å². The number of aliphatic hydroxyl groups is 1. The number of hydrogen-bond donors (Lipinski definition) is 1. The monoisotopic (exact) mass is 279 g/mol. The second-order valence-corrected chi connectivity index (χ2v) is 6.45. The van der Waals surface area contributed by atoms with E-state index in [0.717, 1.165) is 15.6 Å². The number of hydrogen-bond acceptors (Lipinski definition) is 3. The summed E-state index contributed by atoms with van der Waals surface area (Å²) in [6.07, 6.45) is 0.398. The molecular weight excluding hydrogens is 261 g/mol. The standard InChI is InChI=1S/C15H18FNOS/c1-9-5-6-12(7-13(9)16)15(4,18)8-14-17-10(2)11(3)19-14/h5-7,18H,8H2,1-4H3. The first-order valence-electron chi connectivity index (χ1n) is 6.21. The number of benzene rings is 1. The molecule has 0 spiro atoms. The highest BCUT2D eigenvalue weighted by molar-refractivity contribution is 7.11. The number of rotatable bonds is 3. The third kappa shape index (κ3) is 3.01. The maximum Gasteiger partial charge on any atom is 0.126 e. The summed E-state index contributed by atoms with van der Waals surface area (Å²) in [6, 6.07) is 4.87. The summed E-state index contributed by atoms with van der Waals surface area (Å²) in [6.45, 7) is 7.37. The molecule has 1 N–H and O–H groups in total. The number of thiazole rings is 1. The van der Waals surface area contributed by atoms with Crippen LogP contribution in [-0.4, -0.2) is 10.1 Å². The van der Waals surface area contributed by atoms with Gasteiger partial charge in [-0.2, -0.15) is 0 Å². The smallest absolute Gasteiger partial charge is 0.126 e. The van der Waals surface area contributed by atoms with Gasteiger partial charge in [0.25, 0.3) is 0 Å². The van der Waals surface area contributed by atoms with Gasteiger partial charge in [0, 0.05) is 11.3 Å². The van der Waals surface area contributed by atoms with E-state index in [2.05, 4.69) is 4.98 Å². The molecule has 1 atom stereocenters. The van der Waals surface area contributed by atoms with Gasteiger partial charge in [0.2, 0.25) is 0 Å². The average Bonchev–Trinajstić information content (AvgIpc) is 2.60. The van der Waals surface area contributed by atoms with E-state index < -0.39 is 5.60 Å². The van der Waals surface area contributed by atoms with Crippen molar-refractivity contribution in [2.24, 2.45) is 0 Å². The van der Waals surface area contributed by atoms with Crippen molar-refractivity contribution in [1.29, 1.82) is 0 Å². The Labute approximate surface area is 116 Å². The molecule has 0 bridgehead atoms. The second-order valence-electron chi connectivity index (χ2n) is 5.16. The van der Waals surface area contributed by atoms with Crippen LogP contribution in [0.15, 0.2) is 18.2 Å². The molecule has 1 aromatic carbocycles. The van der Waals surface area contributed by atoms with Crippen LogP contribution in [0.2, 0.25) is 0 Å². The van der Waals surface area contributed by atoms with Crippen LogP contribution in [-0.2, 0) is 12.0 Å². The zero-order valence-corrected chi connectivity index (χ0v) is 12.4. The SMILES string of the molecule is Cc1ccc(C(C)(O)Cc2nc(C)c(C)s2)cc1F. The van der Waals surface area contributed by atoms with Crippen molar-refractivity contribution in [2.75, 3.05) is 0 Å². The van der Waals surface area contributed by atoms with Crippen molar-refractivity contribution >= 4 is 11.3 Å². The summed E-state index contributed by atoms with van der Waals surface area (Å²) in [5, 5.41) is 11.4. The average molecular weight is 279 g/mol. The van der Waals surface area contributed by atoms with Gasteiger partial charge >= 0.3 is 0 Å². The molecule has 19 heavy (non-hydrogen) atoms. The fourth-order valence-corrected chi connectivity index (χ4v) is 3.02. The van der Waals surface area contributed by atoms with E-state index in [9.17, 15) is 9.50 Å². The number of aromatic nitrogens is 1. The lowest BCUT2D eigenvalue weighted by Gasteiger charge is -2.23. The van der Waals surface area contributed by atoms with E-state index in [1.807, 2.05) is 13.8 Å². The fraction of sp³-hybridized carbons (Fsp3) is 0.400. The van der Waals surface area contributed by atoms with Crippen molar-refractivity contribution in [1.82, 2.24) is 4.98 Å². The van der Waals surface area contributed by atoms with Gasteiger partial charge in [0.15, 0.2) is 0 Å². The summed E-state index contributed by atoms with van der Waals surface area (Å²) in [5.41, 5.74) is 1.05. The largest absolute Gasteiger partial charge is 0.385 e. The molecule has 102 valence electrons. The lowest BCUT2D eigenvalue weighted by Crippen LogP contribution is -2.24. The Morgan fingerprint density at radius 3 is 2.53 bits per heavy atom. The Morgan fingerprint density at radius 2 is 2.00 bits per heavy atom. The molecule has 2 rings (SSSR count). The Kier molecular flexibility index (Phi) is 3.74. The molecule has 0 fully saturated rings. The van der Waals surface area contributed by atoms with E-state index in [0.29, 0.717) is 17.5 Å². The van der Waals surface area contributed by atoms with Crippen molar-refractivity contribution in [3.05, 3.63) is 50.7 Å². The first-order chi connectivity index (χ1) is 8.79. The molecule has 4 heteroatoms. The quantitative estimate of drug-likeness (QED) is 0.930. The van der Waals surface area contributed by atoms with E-state index in [1.165, 1.54) is 6.07 Å². The molecule has 2 nitrogen and oxygen atoms in total. The number of nitrogens with zero attached hydrogens (tertiary/aromatic N) is 1. The highest BCUT2D eigenvalue weighted by atomic mass is 32.1. The lowest BCUT2D eigenvalue weighted by molar-refractivity contribution is 0.0572. The Balaban J connectivity index is 2.28. The molecule has 2 aromatic rings. The fourth-order valence-electron chi connectivity index (χ4n) is 1.94. The number of halogens is 1. The van der Waals surface area contributed by atoms with Crippen molar-refractivity contribution < 1.29 is 9.50 Å². The van der Waals surface area contributed by atoms with Gasteiger partial charge in [-0.05, 0) is 44.9 Å². The van der Waals surface area contributed by atoms with Gasteiger partial charge in [0.05, 0.1) is 16.3 Å². The molecule has 0 aliphatic rings. The van der Waals surface area contributed by atoms with Crippen LogP contribution in [0.3, 0.4) is 0 Å². The Bertz CT molecular complexity index is 585. The van der Waals surface area contributed by atoms with Crippen molar-refractivity contribution in [3.63, 3.8) is 0 Å². The summed E-state index contributed by atoms with van der Waals surface area (Å²) in [4.78, 5) is 5.58. The zero-order valence-electron chi connectivity index (χ0n) is 11.6. The molecular formula is C15H18FNOS. The van der Waals surface area contributed by atoms with E-state index >= 15 is 0 Å². The summed E-state index contributed by atoms with van der Waals surface area (Å²) < 4.78 is 13.6. The zero-order chi connectivity index (χ0) is 14.2. The lowest BCUT2D eigenvalue weighted by atomic mass is 9.92. The van der Waals surface area contributed by atoms with Gasteiger partial charge in [0.1, 0.15) is 5.82 Å². The van der Waals surface area contributed by atoms with E-state index in [-0.39, 0.29) is 5.82 Å². The molecule has 0 aliphatic heterocycles. The van der Waals surface area contributed by atoms with Crippen LogP contribution in [0.25, 0.3) is 0 Å². The van der Waals surface area contributed by atoms with Crippen molar-refractivity contribution in [3.8, 4) is 0 Å². The highest BCUT2D eigenvalue weighted by Crippen LogP contribution is 2.29. The molecule has 0 radical (unpaired) electrons. The minimum Gasteiger partial charge on any atom is -0.385 e. The van der Waals surface area contributed by atoms with Crippen LogP contribution in [0.5, 0.6) is 0 Å². The summed E-state index contributed by atoms with van der Waals surface area (Å²) in [5.74, 6) is -0.288. The topological polar surface area (TPSA) is 33.1 Å². The Hall–Kier alpha value is -1.26. The second kappa shape index (κ2) is 5.02. The predicted molar refractivity (Wildman–Crippen MR) is 76.0 cm³/mol. The van der Waals surface area contributed by atoms with Gasteiger partial charge < -0.3 is 5.11 Å². The molecule has 1 heterocycles. The third-order valence-electron chi connectivity index (χ3n) is 3.36. The van der Waals surface area contributed by atoms with Crippen LogP contribution < -0.4 is 0 Å².